The van der Waals surface area contributed by atoms with Crippen molar-refractivity contribution in [2.75, 3.05) is 7.11 Å². The Labute approximate surface area is 135 Å². The van der Waals surface area contributed by atoms with Crippen molar-refractivity contribution in [3.63, 3.8) is 0 Å². The number of methoxy groups -OCH3 is 1. The molecule has 0 saturated heterocycles. The zero-order valence-corrected chi connectivity index (χ0v) is 13.4. The molecule has 4 rings (SSSR count). The normalized spacial score (nSPS) is 16.0. The number of rotatable bonds is 2. The summed E-state index contributed by atoms with van der Waals surface area (Å²) in [6.45, 7) is 2.88. The van der Waals surface area contributed by atoms with Crippen LogP contribution in [0.2, 0.25) is 0 Å². The Kier molecular flexibility index (Phi) is 3.46. The number of nitrogens with zero attached hydrogens (tertiary/aromatic N) is 3. The minimum Gasteiger partial charge on any atom is -0.376 e. The van der Waals surface area contributed by atoms with Crippen LogP contribution in [0.4, 0.5) is 0 Å². The summed E-state index contributed by atoms with van der Waals surface area (Å²) in [6, 6.07) is 16.8. The van der Waals surface area contributed by atoms with Crippen LogP contribution in [0.3, 0.4) is 0 Å². The predicted octanol–water partition coefficient (Wildman–Crippen LogP) is 3.88. The van der Waals surface area contributed by atoms with Gasteiger partial charge in [0.1, 0.15) is 5.69 Å². The number of benzene rings is 2. The number of hydrogen-bond donors (Lipinski definition) is 0. The molecular weight excluding hydrogens is 286 g/mol. The maximum atomic E-state index is 5.83. The average Bonchev–Trinajstić information content (AvgIpc) is 3.02. The predicted molar refractivity (Wildman–Crippen MR) is 90.0 cm³/mol. The molecule has 1 aliphatic rings. The van der Waals surface area contributed by atoms with Crippen LogP contribution in [0.5, 0.6) is 0 Å². The van der Waals surface area contributed by atoms with Crippen molar-refractivity contribution in [1.29, 1.82) is 0 Å². The monoisotopic (exact) mass is 305 g/mol. The summed E-state index contributed by atoms with van der Waals surface area (Å²) in [5.41, 5.74) is 6.80. The quantitative estimate of drug-likeness (QED) is 0.721. The molecule has 1 aliphatic carbocycles. The third kappa shape index (κ3) is 2.18. The molecular formula is C19H19N3O. The van der Waals surface area contributed by atoms with Crippen molar-refractivity contribution < 1.29 is 4.74 Å². The van der Waals surface area contributed by atoms with Crippen LogP contribution in [0.25, 0.3) is 22.5 Å². The fourth-order valence-electron chi connectivity index (χ4n) is 3.43. The molecule has 2 aromatic carbocycles. The molecule has 0 saturated carbocycles. The fourth-order valence-corrected chi connectivity index (χ4v) is 3.43. The molecule has 1 atom stereocenters. The van der Waals surface area contributed by atoms with Gasteiger partial charge in [0.2, 0.25) is 0 Å². The Morgan fingerprint density at radius 2 is 1.83 bits per heavy atom. The zero-order chi connectivity index (χ0) is 15.8. The highest BCUT2D eigenvalue weighted by molar-refractivity contribution is 5.82. The van der Waals surface area contributed by atoms with Gasteiger partial charge in [-0.3, -0.25) is 0 Å². The fraction of sp³-hybridized carbons (Fsp3) is 0.263. The molecule has 0 bridgehead atoms. The summed E-state index contributed by atoms with van der Waals surface area (Å²) in [5.74, 6) is 0. The molecule has 116 valence electrons. The molecule has 1 unspecified atom stereocenters. The Morgan fingerprint density at radius 1 is 1.09 bits per heavy atom. The standard InChI is InChI=1S/C19H19N3O/c1-3-22-19-16-11-7-6-10-15(16)17(23-2)12-13-8-4-5-9-14(13)18(19)20-21-22/h4-11,17H,3,12H2,1-2H3. The van der Waals surface area contributed by atoms with E-state index in [2.05, 4.69) is 65.8 Å². The Morgan fingerprint density at radius 3 is 2.61 bits per heavy atom. The first-order valence-electron chi connectivity index (χ1n) is 7.97. The SMILES string of the molecule is CCn1nnc2c1-c1ccccc1C(OC)Cc1ccccc1-2. The third-order valence-corrected chi connectivity index (χ3v) is 4.56. The highest BCUT2D eigenvalue weighted by atomic mass is 16.5. The van der Waals surface area contributed by atoms with Crippen LogP contribution in [0, 0.1) is 0 Å². The summed E-state index contributed by atoms with van der Waals surface area (Å²) in [6.07, 6.45) is 0.864. The third-order valence-electron chi connectivity index (χ3n) is 4.56. The Bertz CT molecular complexity index is 853. The average molecular weight is 305 g/mol. The van der Waals surface area contributed by atoms with E-state index < -0.39 is 0 Å². The van der Waals surface area contributed by atoms with Crippen LogP contribution in [-0.2, 0) is 17.7 Å². The molecule has 0 radical (unpaired) electrons. The first-order valence-corrected chi connectivity index (χ1v) is 7.97. The maximum absolute atomic E-state index is 5.83. The number of hydrogen-bond acceptors (Lipinski definition) is 3. The number of ether oxygens (including phenoxy) is 1. The van der Waals surface area contributed by atoms with Crippen molar-refractivity contribution in [2.24, 2.45) is 0 Å². The molecule has 4 heteroatoms. The van der Waals surface area contributed by atoms with E-state index in [0.29, 0.717) is 0 Å². The van der Waals surface area contributed by atoms with E-state index >= 15 is 0 Å². The lowest BCUT2D eigenvalue weighted by atomic mass is 9.87. The van der Waals surface area contributed by atoms with E-state index in [0.717, 1.165) is 35.5 Å². The van der Waals surface area contributed by atoms with Crippen LogP contribution < -0.4 is 0 Å². The summed E-state index contributed by atoms with van der Waals surface area (Å²) in [5, 5.41) is 8.87. The van der Waals surface area contributed by atoms with E-state index in [1.54, 1.807) is 7.11 Å². The summed E-state index contributed by atoms with van der Waals surface area (Å²) < 4.78 is 7.80. The molecule has 0 aliphatic heterocycles. The van der Waals surface area contributed by atoms with Crippen molar-refractivity contribution in [1.82, 2.24) is 15.0 Å². The lowest BCUT2D eigenvalue weighted by molar-refractivity contribution is 0.104. The van der Waals surface area contributed by atoms with Crippen molar-refractivity contribution >= 4 is 0 Å². The lowest BCUT2D eigenvalue weighted by Crippen LogP contribution is -2.12. The second-order valence-electron chi connectivity index (χ2n) is 5.78. The highest BCUT2D eigenvalue weighted by Gasteiger charge is 2.27. The topological polar surface area (TPSA) is 39.9 Å². The van der Waals surface area contributed by atoms with Gasteiger partial charge in [-0.15, -0.1) is 5.10 Å². The molecule has 4 nitrogen and oxygen atoms in total. The van der Waals surface area contributed by atoms with E-state index in [4.69, 9.17) is 4.74 Å². The number of aryl methyl sites for hydroxylation is 1. The van der Waals surface area contributed by atoms with Gasteiger partial charge >= 0.3 is 0 Å². The van der Waals surface area contributed by atoms with Gasteiger partial charge in [0, 0.05) is 31.2 Å². The summed E-state index contributed by atoms with van der Waals surface area (Å²) >= 11 is 0. The smallest absolute Gasteiger partial charge is 0.121 e. The molecule has 23 heavy (non-hydrogen) atoms. The minimum absolute atomic E-state index is 0.0284. The van der Waals surface area contributed by atoms with E-state index in [-0.39, 0.29) is 6.10 Å². The molecule has 0 fully saturated rings. The van der Waals surface area contributed by atoms with Crippen molar-refractivity contribution in [3.05, 3.63) is 59.7 Å². The first kappa shape index (κ1) is 14.2. The molecule has 0 spiro atoms. The molecule has 0 amide bonds. The van der Waals surface area contributed by atoms with Crippen molar-refractivity contribution in [3.8, 4) is 22.5 Å². The molecule has 3 aromatic rings. The molecule has 1 heterocycles. The maximum Gasteiger partial charge on any atom is 0.121 e. The van der Waals surface area contributed by atoms with Gasteiger partial charge in [0.15, 0.2) is 0 Å². The zero-order valence-electron chi connectivity index (χ0n) is 13.4. The molecule has 0 N–H and O–H groups in total. The van der Waals surface area contributed by atoms with Gasteiger partial charge in [-0.2, -0.15) is 0 Å². The first-order chi connectivity index (χ1) is 11.3. The number of fused-ring (bicyclic) bond motifs is 5. The Balaban J connectivity index is 2.09. The van der Waals surface area contributed by atoms with Gasteiger partial charge < -0.3 is 4.74 Å². The van der Waals surface area contributed by atoms with Gasteiger partial charge in [0.25, 0.3) is 0 Å². The van der Waals surface area contributed by atoms with E-state index in [9.17, 15) is 0 Å². The van der Waals surface area contributed by atoms with Gasteiger partial charge in [-0.05, 0) is 18.1 Å². The second kappa shape index (κ2) is 5.63. The summed E-state index contributed by atoms with van der Waals surface area (Å²) in [7, 11) is 1.78. The van der Waals surface area contributed by atoms with E-state index in [1.165, 1.54) is 11.1 Å². The minimum atomic E-state index is 0.0284. The summed E-state index contributed by atoms with van der Waals surface area (Å²) in [4.78, 5) is 0. The Hall–Kier alpha value is -2.46. The van der Waals surface area contributed by atoms with Crippen molar-refractivity contribution in [2.45, 2.75) is 26.0 Å². The van der Waals surface area contributed by atoms with Gasteiger partial charge in [0.05, 0.1) is 11.8 Å². The largest absolute Gasteiger partial charge is 0.376 e. The van der Waals surface area contributed by atoms with E-state index in [1.807, 2.05) is 4.68 Å². The van der Waals surface area contributed by atoms with Crippen LogP contribution in [-0.4, -0.2) is 22.1 Å². The highest BCUT2D eigenvalue weighted by Crippen LogP contribution is 2.41. The van der Waals surface area contributed by atoms with Gasteiger partial charge in [-0.25, -0.2) is 4.68 Å². The lowest BCUT2D eigenvalue weighted by Gasteiger charge is -2.24. The van der Waals surface area contributed by atoms with Crippen LogP contribution in [0.15, 0.2) is 48.5 Å². The second-order valence-corrected chi connectivity index (χ2v) is 5.78. The van der Waals surface area contributed by atoms with Gasteiger partial charge in [-0.1, -0.05) is 53.7 Å². The van der Waals surface area contributed by atoms with Crippen LogP contribution in [0.1, 0.15) is 24.2 Å². The van der Waals surface area contributed by atoms with Crippen LogP contribution >= 0.6 is 0 Å². The number of aromatic nitrogens is 3. The molecule has 1 aromatic heterocycles.